The molecular formula is C9H9Cl2FO. The van der Waals surface area contributed by atoms with E-state index < -0.39 is 5.82 Å². The molecule has 1 nitrogen and oxygen atoms in total. The SMILES string of the molecule is CC(C)Oc1cc(Cl)c(F)c(Cl)c1. The number of benzene rings is 1. The van der Waals surface area contributed by atoms with Gasteiger partial charge in [-0.2, -0.15) is 0 Å². The highest BCUT2D eigenvalue weighted by Crippen LogP contribution is 2.28. The van der Waals surface area contributed by atoms with E-state index in [0.717, 1.165) is 0 Å². The third-order valence-electron chi connectivity index (χ3n) is 1.33. The van der Waals surface area contributed by atoms with E-state index in [0.29, 0.717) is 5.75 Å². The van der Waals surface area contributed by atoms with Crippen molar-refractivity contribution in [2.24, 2.45) is 0 Å². The average Bonchev–Trinajstić information content (AvgIpc) is 1.98. The molecule has 4 heteroatoms. The fourth-order valence-corrected chi connectivity index (χ4v) is 1.34. The molecule has 0 aliphatic rings. The molecule has 1 aromatic rings. The molecule has 0 aliphatic heterocycles. The quantitative estimate of drug-likeness (QED) is 0.690. The van der Waals surface area contributed by atoms with Crippen LogP contribution in [0.25, 0.3) is 0 Å². The third-order valence-corrected chi connectivity index (χ3v) is 1.88. The Hall–Kier alpha value is -0.470. The number of rotatable bonds is 2. The lowest BCUT2D eigenvalue weighted by molar-refractivity contribution is 0.242. The largest absolute Gasteiger partial charge is 0.491 e. The number of ether oxygens (including phenoxy) is 1. The van der Waals surface area contributed by atoms with Crippen LogP contribution < -0.4 is 4.74 Å². The van der Waals surface area contributed by atoms with Crippen molar-refractivity contribution >= 4 is 23.2 Å². The minimum Gasteiger partial charge on any atom is -0.491 e. The van der Waals surface area contributed by atoms with Crippen LogP contribution >= 0.6 is 23.2 Å². The molecule has 0 spiro atoms. The van der Waals surface area contributed by atoms with E-state index >= 15 is 0 Å². The topological polar surface area (TPSA) is 9.23 Å². The number of hydrogen-bond donors (Lipinski definition) is 0. The molecule has 1 aromatic carbocycles. The number of hydrogen-bond acceptors (Lipinski definition) is 1. The van der Waals surface area contributed by atoms with E-state index in [1.54, 1.807) is 0 Å². The molecule has 0 saturated heterocycles. The maximum Gasteiger partial charge on any atom is 0.160 e. The second kappa shape index (κ2) is 4.16. The fraction of sp³-hybridized carbons (Fsp3) is 0.333. The predicted molar refractivity (Wildman–Crippen MR) is 52.2 cm³/mol. The summed E-state index contributed by atoms with van der Waals surface area (Å²) in [5.74, 6) is -0.133. The van der Waals surface area contributed by atoms with Gasteiger partial charge in [0.15, 0.2) is 5.82 Å². The Bertz CT molecular complexity index is 289. The summed E-state index contributed by atoms with van der Waals surface area (Å²) < 4.78 is 18.2. The van der Waals surface area contributed by atoms with Gasteiger partial charge in [0.05, 0.1) is 16.1 Å². The zero-order valence-corrected chi connectivity index (χ0v) is 8.79. The van der Waals surface area contributed by atoms with E-state index in [-0.39, 0.29) is 16.1 Å². The molecule has 0 amide bonds. The van der Waals surface area contributed by atoms with Gasteiger partial charge in [0.25, 0.3) is 0 Å². The molecule has 0 unspecified atom stereocenters. The average molecular weight is 223 g/mol. The van der Waals surface area contributed by atoms with Crippen molar-refractivity contribution in [3.63, 3.8) is 0 Å². The van der Waals surface area contributed by atoms with Gasteiger partial charge in [-0.3, -0.25) is 0 Å². The van der Waals surface area contributed by atoms with E-state index in [1.807, 2.05) is 13.8 Å². The molecule has 1 rings (SSSR count). The summed E-state index contributed by atoms with van der Waals surface area (Å²) in [6.07, 6.45) is 0.0117. The summed E-state index contributed by atoms with van der Waals surface area (Å²) in [6.45, 7) is 3.73. The van der Waals surface area contributed by atoms with Crippen molar-refractivity contribution in [2.45, 2.75) is 20.0 Å². The highest BCUT2D eigenvalue weighted by atomic mass is 35.5. The summed E-state index contributed by atoms with van der Waals surface area (Å²) in [7, 11) is 0. The van der Waals surface area contributed by atoms with Crippen LogP contribution in [0.2, 0.25) is 10.0 Å². The molecule has 72 valence electrons. The van der Waals surface area contributed by atoms with Crippen molar-refractivity contribution in [1.82, 2.24) is 0 Å². The monoisotopic (exact) mass is 222 g/mol. The van der Waals surface area contributed by atoms with Gasteiger partial charge in [-0.05, 0) is 13.8 Å². The molecule has 0 aromatic heterocycles. The van der Waals surface area contributed by atoms with Gasteiger partial charge in [0.1, 0.15) is 5.75 Å². The molecule has 0 fully saturated rings. The highest BCUT2D eigenvalue weighted by Gasteiger charge is 2.08. The Morgan fingerprint density at radius 2 is 1.69 bits per heavy atom. The van der Waals surface area contributed by atoms with Crippen molar-refractivity contribution < 1.29 is 9.13 Å². The molecule has 0 bridgehead atoms. The van der Waals surface area contributed by atoms with Gasteiger partial charge in [-0.15, -0.1) is 0 Å². The lowest BCUT2D eigenvalue weighted by atomic mass is 10.3. The molecule has 0 saturated carbocycles. The predicted octanol–water partition coefficient (Wildman–Crippen LogP) is 3.92. The van der Waals surface area contributed by atoms with Crippen LogP contribution in [0.3, 0.4) is 0 Å². The minimum atomic E-state index is -0.612. The summed E-state index contributed by atoms with van der Waals surface area (Å²) in [4.78, 5) is 0. The van der Waals surface area contributed by atoms with Crippen molar-refractivity contribution in [3.05, 3.63) is 28.0 Å². The van der Waals surface area contributed by atoms with Crippen LogP contribution in [-0.4, -0.2) is 6.10 Å². The van der Waals surface area contributed by atoms with Crippen LogP contribution in [0.15, 0.2) is 12.1 Å². The summed E-state index contributed by atoms with van der Waals surface area (Å²) in [5.41, 5.74) is 0. The molecular weight excluding hydrogens is 214 g/mol. The summed E-state index contributed by atoms with van der Waals surface area (Å²) in [5, 5.41) is -0.0497. The smallest absolute Gasteiger partial charge is 0.160 e. The molecule has 0 heterocycles. The van der Waals surface area contributed by atoms with Crippen LogP contribution in [0.4, 0.5) is 4.39 Å². The maximum absolute atomic E-state index is 12.9. The Morgan fingerprint density at radius 1 is 1.23 bits per heavy atom. The first kappa shape index (κ1) is 10.6. The first-order valence-corrected chi connectivity index (χ1v) is 4.57. The zero-order valence-electron chi connectivity index (χ0n) is 7.27. The lowest BCUT2D eigenvalue weighted by Gasteiger charge is -2.10. The van der Waals surface area contributed by atoms with E-state index in [4.69, 9.17) is 27.9 Å². The van der Waals surface area contributed by atoms with Crippen molar-refractivity contribution in [2.75, 3.05) is 0 Å². The van der Waals surface area contributed by atoms with Crippen LogP contribution in [-0.2, 0) is 0 Å². The Morgan fingerprint density at radius 3 is 2.08 bits per heavy atom. The molecule has 0 radical (unpaired) electrons. The normalized spacial score (nSPS) is 10.6. The molecule has 0 aliphatic carbocycles. The van der Waals surface area contributed by atoms with Crippen molar-refractivity contribution in [1.29, 1.82) is 0 Å². The van der Waals surface area contributed by atoms with Crippen LogP contribution in [0.5, 0.6) is 5.75 Å². The molecule has 13 heavy (non-hydrogen) atoms. The minimum absolute atomic E-state index is 0.0117. The second-order valence-electron chi connectivity index (χ2n) is 2.87. The maximum atomic E-state index is 12.9. The molecule has 0 atom stereocenters. The van der Waals surface area contributed by atoms with Gasteiger partial charge >= 0.3 is 0 Å². The van der Waals surface area contributed by atoms with Gasteiger partial charge in [-0.25, -0.2) is 4.39 Å². The number of halogens is 3. The lowest BCUT2D eigenvalue weighted by Crippen LogP contribution is -2.05. The fourth-order valence-electron chi connectivity index (χ4n) is 0.872. The summed E-state index contributed by atoms with van der Waals surface area (Å²) in [6, 6.07) is 2.81. The van der Waals surface area contributed by atoms with E-state index in [1.165, 1.54) is 12.1 Å². The second-order valence-corrected chi connectivity index (χ2v) is 3.68. The Kier molecular flexibility index (Phi) is 3.40. The van der Waals surface area contributed by atoms with Crippen LogP contribution in [0.1, 0.15) is 13.8 Å². The third kappa shape index (κ3) is 2.75. The van der Waals surface area contributed by atoms with Crippen molar-refractivity contribution in [3.8, 4) is 5.75 Å². The Labute approximate surface area is 86.4 Å². The standard InChI is InChI=1S/C9H9Cl2FO/c1-5(2)13-6-3-7(10)9(12)8(11)4-6/h3-5H,1-2H3. The van der Waals surface area contributed by atoms with Gasteiger partial charge < -0.3 is 4.74 Å². The van der Waals surface area contributed by atoms with Gasteiger partial charge in [0.2, 0.25) is 0 Å². The van der Waals surface area contributed by atoms with Crippen LogP contribution in [0, 0.1) is 5.82 Å². The molecule has 0 N–H and O–H groups in total. The zero-order chi connectivity index (χ0) is 10.0. The highest BCUT2D eigenvalue weighted by molar-refractivity contribution is 6.35. The van der Waals surface area contributed by atoms with Gasteiger partial charge in [0, 0.05) is 12.1 Å². The van der Waals surface area contributed by atoms with E-state index in [9.17, 15) is 4.39 Å². The van der Waals surface area contributed by atoms with Gasteiger partial charge in [-0.1, -0.05) is 23.2 Å². The van der Waals surface area contributed by atoms with E-state index in [2.05, 4.69) is 0 Å². The Balaban J connectivity index is 2.99. The first-order valence-electron chi connectivity index (χ1n) is 3.82. The summed E-state index contributed by atoms with van der Waals surface area (Å²) >= 11 is 11.1. The first-order chi connectivity index (χ1) is 6.00.